The molecule has 2 aromatic heterocycles. The molecule has 2 N–H and O–H groups in total. The van der Waals surface area contributed by atoms with Crippen LogP contribution in [0.2, 0.25) is 0 Å². The second-order valence-corrected chi connectivity index (χ2v) is 5.14. The Labute approximate surface area is 141 Å². The predicted molar refractivity (Wildman–Crippen MR) is 87.4 cm³/mol. The van der Waals surface area contributed by atoms with Crippen LogP contribution >= 0.6 is 0 Å². The van der Waals surface area contributed by atoms with Crippen molar-refractivity contribution in [3.05, 3.63) is 48.4 Å². The number of alkyl halides is 2. The number of nitrogens with zero attached hydrogens (tertiary/aromatic N) is 3. The Balaban J connectivity index is 1.77. The van der Waals surface area contributed by atoms with Gasteiger partial charge in [0.2, 0.25) is 0 Å². The third-order valence-corrected chi connectivity index (χ3v) is 3.55. The fraction of sp³-hybridized carbons (Fsp3) is 0.188. The van der Waals surface area contributed by atoms with Crippen LogP contribution in [0.4, 0.5) is 19.3 Å². The van der Waals surface area contributed by atoms with Gasteiger partial charge in [-0.2, -0.15) is 13.9 Å². The molecule has 7 nitrogen and oxygen atoms in total. The van der Waals surface area contributed by atoms with Crippen LogP contribution in [0.5, 0.6) is 5.75 Å². The van der Waals surface area contributed by atoms with Crippen LogP contribution in [0.1, 0.15) is 5.69 Å². The van der Waals surface area contributed by atoms with Crippen LogP contribution in [0.3, 0.4) is 0 Å². The highest BCUT2D eigenvalue weighted by atomic mass is 19.3. The highest BCUT2D eigenvalue weighted by Crippen LogP contribution is 2.30. The van der Waals surface area contributed by atoms with Gasteiger partial charge in [-0.1, -0.05) is 0 Å². The first kappa shape index (κ1) is 16.6. The number of fused-ring (bicyclic) bond motifs is 1. The minimum absolute atomic E-state index is 0.000979. The maximum atomic E-state index is 12.5. The summed E-state index contributed by atoms with van der Waals surface area (Å²) >= 11 is 0. The molecule has 0 saturated heterocycles. The van der Waals surface area contributed by atoms with Gasteiger partial charge in [0.15, 0.2) is 0 Å². The summed E-state index contributed by atoms with van der Waals surface area (Å²) in [6.07, 6.45) is 3.14. The van der Waals surface area contributed by atoms with E-state index in [1.165, 1.54) is 18.3 Å². The third-order valence-electron chi connectivity index (χ3n) is 3.55. The van der Waals surface area contributed by atoms with Gasteiger partial charge in [-0.05, 0) is 30.3 Å². The Bertz CT molecular complexity index is 897. The summed E-state index contributed by atoms with van der Waals surface area (Å²) in [4.78, 5) is 16.2. The van der Waals surface area contributed by atoms with E-state index in [9.17, 15) is 13.6 Å². The van der Waals surface area contributed by atoms with Gasteiger partial charge in [-0.3, -0.25) is 9.67 Å². The van der Waals surface area contributed by atoms with Crippen molar-refractivity contribution in [1.29, 1.82) is 0 Å². The van der Waals surface area contributed by atoms with E-state index in [0.29, 0.717) is 23.1 Å². The van der Waals surface area contributed by atoms with Crippen LogP contribution in [0.25, 0.3) is 10.9 Å². The first-order chi connectivity index (χ1) is 12.0. The summed E-state index contributed by atoms with van der Waals surface area (Å²) < 4.78 is 31.1. The van der Waals surface area contributed by atoms with Crippen molar-refractivity contribution >= 4 is 22.6 Å². The lowest BCUT2D eigenvalue weighted by Crippen LogP contribution is -2.29. The number of hydrogen-bond acceptors (Lipinski definition) is 4. The molecule has 0 spiro atoms. The fourth-order valence-corrected chi connectivity index (χ4v) is 2.36. The number of hydrogen-bond donors (Lipinski definition) is 2. The molecular formula is C16H15F2N5O2. The molecule has 2 amide bonds. The molecule has 0 aliphatic carbocycles. The van der Waals surface area contributed by atoms with Gasteiger partial charge < -0.3 is 15.4 Å². The first-order valence-corrected chi connectivity index (χ1v) is 7.39. The number of aryl methyl sites for hydroxylation is 1. The third kappa shape index (κ3) is 3.82. The zero-order valence-electron chi connectivity index (χ0n) is 13.2. The van der Waals surface area contributed by atoms with Gasteiger partial charge in [0, 0.05) is 24.8 Å². The Hall–Kier alpha value is -3.23. The van der Waals surface area contributed by atoms with E-state index in [0.717, 1.165) is 5.69 Å². The summed E-state index contributed by atoms with van der Waals surface area (Å²) in [7, 11) is 1.77. The summed E-state index contributed by atoms with van der Waals surface area (Å²) in [5.41, 5.74) is 1.58. The molecule has 0 radical (unpaired) electrons. The number of rotatable bonds is 5. The molecule has 3 aromatic rings. The van der Waals surface area contributed by atoms with Gasteiger partial charge >= 0.3 is 12.6 Å². The molecule has 0 atom stereocenters. The number of ether oxygens (including phenoxy) is 1. The number of aromatic nitrogens is 3. The van der Waals surface area contributed by atoms with Gasteiger partial charge in [0.05, 0.1) is 23.4 Å². The molecule has 3 rings (SSSR count). The van der Waals surface area contributed by atoms with Crippen LogP contribution in [-0.4, -0.2) is 27.4 Å². The number of carbonyl (C=O) groups is 1. The summed E-state index contributed by atoms with van der Waals surface area (Å²) in [6, 6.07) is 7.37. The number of urea groups is 1. The SMILES string of the molecule is Cn1nccc1CNC(=O)Nc1ccc(OC(F)F)c2cccnc12. The van der Waals surface area contributed by atoms with Crippen molar-refractivity contribution in [2.45, 2.75) is 13.2 Å². The number of pyridine rings is 1. The van der Waals surface area contributed by atoms with E-state index in [4.69, 9.17) is 0 Å². The highest BCUT2D eigenvalue weighted by Gasteiger charge is 2.13. The van der Waals surface area contributed by atoms with Crippen LogP contribution in [0.15, 0.2) is 42.7 Å². The van der Waals surface area contributed by atoms with Crippen molar-refractivity contribution < 1.29 is 18.3 Å². The standard InChI is InChI=1S/C16H15F2N5O2/c1-23-10(6-8-21-23)9-20-16(24)22-12-4-5-13(25-15(17)18)11-3-2-7-19-14(11)12/h2-8,15H,9H2,1H3,(H2,20,22,24). The van der Waals surface area contributed by atoms with Crippen LogP contribution < -0.4 is 15.4 Å². The zero-order valence-corrected chi connectivity index (χ0v) is 13.2. The Kier molecular flexibility index (Phi) is 4.73. The van der Waals surface area contributed by atoms with Gasteiger partial charge in [0.25, 0.3) is 0 Å². The largest absolute Gasteiger partial charge is 0.434 e. The minimum atomic E-state index is -2.94. The molecule has 0 unspecified atom stereocenters. The van der Waals surface area contributed by atoms with Crippen molar-refractivity contribution in [2.24, 2.45) is 7.05 Å². The number of halogens is 2. The quantitative estimate of drug-likeness (QED) is 0.744. The number of amides is 2. The average Bonchev–Trinajstić information content (AvgIpc) is 3.00. The van der Waals surface area contributed by atoms with E-state index < -0.39 is 12.6 Å². The molecule has 1 aromatic carbocycles. The fourth-order valence-electron chi connectivity index (χ4n) is 2.36. The first-order valence-electron chi connectivity index (χ1n) is 7.39. The maximum absolute atomic E-state index is 12.5. The van der Waals surface area contributed by atoms with Gasteiger partial charge in [-0.15, -0.1) is 0 Å². The molecular weight excluding hydrogens is 332 g/mol. The van der Waals surface area contributed by atoms with Crippen LogP contribution in [0, 0.1) is 0 Å². The molecule has 130 valence electrons. The van der Waals surface area contributed by atoms with E-state index in [1.807, 2.05) is 0 Å². The van der Waals surface area contributed by atoms with E-state index in [2.05, 4.69) is 25.5 Å². The van der Waals surface area contributed by atoms with Gasteiger partial charge in [-0.25, -0.2) is 4.79 Å². The summed E-state index contributed by atoms with van der Waals surface area (Å²) in [5.74, 6) is -0.000979. The van der Waals surface area contributed by atoms with Crippen molar-refractivity contribution in [2.75, 3.05) is 5.32 Å². The van der Waals surface area contributed by atoms with E-state index >= 15 is 0 Å². The minimum Gasteiger partial charge on any atom is -0.434 e. The average molecular weight is 347 g/mol. The predicted octanol–water partition coefficient (Wildman–Crippen LogP) is 2.89. The van der Waals surface area contributed by atoms with Crippen LogP contribution in [-0.2, 0) is 13.6 Å². The summed E-state index contributed by atoms with van der Waals surface area (Å²) in [5, 5.41) is 9.75. The van der Waals surface area contributed by atoms with Crippen molar-refractivity contribution in [1.82, 2.24) is 20.1 Å². The smallest absolute Gasteiger partial charge is 0.387 e. The molecule has 0 aliphatic heterocycles. The number of benzene rings is 1. The Morgan fingerprint density at radius 1 is 1.28 bits per heavy atom. The lowest BCUT2D eigenvalue weighted by Gasteiger charge is -2.12. The van der Waals surface area contributed by atoms with Crippen molar-refractivity contribution in [3.8, 4) is 5.75 Å². The monoisotopic (exact) mass is 347 g/mol. The molecule has 0 bridgehead atoms. The molecule has 25 heavy (non-hydrogen) atoms. The molecule has 0 fully saturated rings. The molecule has 9 heteroatoms. The lowest BCUT2D eigenvalue weighted by molar-refractivity contribution is -0.0487. The highest BCUT2D eigenvalue weighted by molar-refractivity contribution is 6.01. The number of carbonyl (C=O) groups excluding carboxylic acids is 1. The number of anilines is 1. The van der Waals surface area contributed by atoms with E-state index in [-0.39, 0.29) is 5.75 Å². The number of nitrogens with one attached hydrogen (secondary N) is 2. The normalized spacial score (nSPS) is 10.9. The molecule has 0 aliphatic rings. The van der Waals surface area contributed by atoms with E-state index in [1.54, 1.807) is 36.1 Å². The van der Waals surface area contributed by atoms with Gasteiger partial charge in [0.1, 0.15) is 5.75 Å². The lowest BCUT2D eigenvalue weighted by atomic mass is 10.1. The van der Waals surface area contributed by atoms with Crippen molar-refractivity contribution in [3.63, 3.8) is 0 Å². The Morgan fingerprint density at radius 3 is 2.84 bits per heavy atom. The second kappa shape index (κ2) is 7.12. The zero-order chi connectivity index (χ0) is 17.8. The topological polar surface area (TPSA) is 81.1 Å². The Morgan fingerprint density at radius 2 is 2.12 bits per heavy atom. The molecule has 0 saturated carbocycles. The molecule has 2 heterocycles. The maximum Gasteiger partial charge on any atom is 0.387 e. The second-order valence-electron chi connectivity index (χ2n) is 5.14. The summed E-state index contributed by atoms with van der Waals surface area (Å²) in [6.45, 7) is -2.65.